The number of H-pyrrole nitrogens is 1. The van der Waals surface area contributed by atoms with Gasteiger partial charge in [0.1, 0.15) is 11.8 Å². The van der Waals surface area contributed by atoms with E-state index < -0.39 is 0 Å². The number of fused-ring (bicyclic) bond motifs is 1. The maximum Gasteiger partial charge on any atom is 0.182 e. The van der Waals surface area contributed by atoms with Gasteiger partial charge in [-0.15, -0.1) is 0 Å². The lowest BCUT2D eigenvalue weighted by Gasteiger charge is -2.12. The Morgan fingerprint density at radius 3 is 2.87 bits per heavy atom. The van der Waals surface area contributed by atoms with Gasteiger partial charge in [-0.05, 0) is 19.1 Å². The van der Waals surface area contributed by atoms with E-state index in [9.17, 15) is 0 Å². The Morgan fingerprint density at radius 2 is 2.00 bits per heavy atom. The van der Waals surface area contributed by atoms with Crippen molar-refractivity contribution in [2.75, 3.05) is 5.32 Å². The molecule has 0 aliphatic rings. The van der Waals surface area contributed by atoms with Crippen LogP contribution in [0.5, 0.6) is 0 Å². The first-order chi connectivity index (χ1) is 11.3. The molecule has 3 aromatic heterocycles. The molecule has 1 atom stereocenters. The van der Waals surface area contributed by atoms with Crippen LogP contribution in [0.2, 0.25) is 0 Å². The molecule has 4 aromatic rings. The zero-order valence-corrected chi connectivity index (χ0v) is 12.5. The van der Waals surface area contributed by atoms with Crippen LogP contribution in [0.4, 0.5) is 5.82 Å². The number of aromatic nitrogens is 6. The van der Waals surface area contributed by atoms with Crippen molar-refractivity contribution in [2.45, 2.75) is 13.0 Å². The second-order valence-electron chi connectivity index (χ2n) is 5.24. The average molecular weight is 305 g/mol. The van der Waals surface area contributed by atoms with Crippen molar-refractivity contribution in [1.82, 2.24) is 29.7 Å². The highest BCUT2D eigenvalue weighted by atomic mass is 15.3. The van der Waals surface area contributed by atoms with Crippen molar-refractivity contribution in [3.63, 3.8) is 0 Å². The van der Waals surface area contributed by atoms with Crippen molar-refractivity contribution in [3.8, 4) is 5.69 Å². The monoisotopic (exact) mass is 305 g/mol. The Kier molecular flexibility index (Phi) is 3.23. The molecule has 0 bridgehead atoms. The third kappa shape index (κ3) is 2.52. The van der Waals surface area contributed by atoms with Crippen molar-refractivity contribution in [2.24, 2.45) is 0 Å². The quantitative estimate of drug-likeness (QED) is 0.605. The summed E-state index contributed by atoms with van der Waals surface area (Å²) in [6.07, 6.45) is 6.99. The fourth-order valence-corrected chi connectivity index (χ4v) is 2.45. The van der Waals surface area contributed by atoms with Crippen molar-refractivity contribution >= 4 is 17.0 Å². The third-order valence-electron chi connectivity index (χ3n) is 3.70. The summed E-state index contributed by atoms with van der Waals surface area (Å²) >= 11 is 0. The average Bonchev–Trinajstić information content (AvgIpc) is 3.25. The largest absolute Gasteiger partial charge is 0.362 e. The smallest absolute Gasteiger partial charge is 0.182 e. The van der Waals surface area contributed by atoms with E-state index in [1.807, 2.05) is 47.4 Å². The van der Waals surface area contributed by atoms with Gasteiger partial charge in [-0.3, -0.25) is 0 Å². The third-order valence-corrected chi connectivity index (χ3v) is 3.70. The van der Waals surface area contributed by atoms with Crippen LogP contribution in [-0.2, 0) is 0 Å². The number of nitrogens with zero attached hydrogens (tertiary/aromatic N) is 5. The number of anilines is 1. The second kappa shape index (κ2) is 5.53. The number of imidazole rings is 1. The number of rotatable bonds is 4. The molecule has 0 aliphatic heterocycles. The summed E-state index contributed by atoms with van der Waals surface area (Å²) in [6, 6.07) is 10.1. The molecule has 2 N–H and O–H groups in total. The van der Waals surface area contributed by atoms with Gasteiger partial charge in [0.25, 0.3) is 0 Å². The standard InChI is InChI=1S/C16H15N7/c1-11(22-16-14-15(18-9-17-14)19-10-20-16)12-7-21-23(8-12)13-5-3-2-4-6-13/h2-11H,1H3,(H2,17,18,19,20,22)/t11-/m0/s1. The number of nitrogens with one attached hydrogen (secondary N) is 2. The minimum atomic E-state index is 0.0499. The van der Waals surface area contributed by atoms with Crippen LogP contribution in [-0.4, -0.2) is 29.7 Å². The Bertz CT molecular complexity index is 926. The minimum absolute atomic E-state index is 0.0499. The van der Waals surface area contributed by atoms with Gasteiger partial charge in [0.2, 0.25) is 0 Å². The topological polar surface area (TPSA) is 84.3 Å². The van der Waals surface area contributed by atoms with Crippen LogP contribution in [0, 0.1) is 0 Å². The molecule has 0 radical (unpaired) electrons. The molecule has 7 nitrogen and oxygen atoms in total. The molecule has 1 aromatic carbocycles. The first-order valence-electron chi connectivity index (χ1n) is 7.32. The highest BCUT2D eigenvalue weighted by molar-refractivity contribution is 5.82. The highest BCUT2D eigenvalue weighted by Gasteiger charge is 2.12. The van der Waals surface area contributed by atoms with E-state index in [0.717, 1.165) is 22.6 Å². The van der Waals surface area contributed by atoms with Crippen LogP contribution in [0.15, 0.2) is 55.4 Å². The molecule has 7 heteroatoms. The Hall–Kier alpha value is -3.22. The number of benzene rings is 1. The molecule has 114 valence electrons. The maximum atomic E-state index is 4.43. The molecular weight excluding hydrogens is 290 g/mol. The lowest BCUT2D eigenvalue weighted by Crippen LogP contribution is -2.08. The first-order valence-corrected chi connectivity index (χ1v) is 7.32. The van der Waals surface area contributed by atoms with E-state index in [2.05, 4.69) is 37.3 Å². The SMILES string of the molecule is C[C@H](Nc1ncnc2nc[nH]c12)c1cnn(-c2ccccc2)c1. The molecule has 0 unspecified atom stereocenters. The van der Waals surface area contributed by atoms with Crippen LogP contribution < -0.4 is 5.32 Å². The summed E-state index contributed by atoms with van der Waals surface area (Å²) in [7, 11) is 0. The van der Waals surface area contributed by atoms with E-state index in [-0.39, 0.29) is 6.04 Å². The Morgan fingerprint density at radius 1 is 1.13 bits per heavy atom. The first kappa shape index (κ1) is 13.4. The van der Waals surface area contributed by atoms with E-state index in [1.54, 1.807) is 6.33 Å². The fraction of sp³-hybridized carbons (Fsp3) is 0.125. The number of hydrogen-bond acceptors (Lipinski definition) is 5. The Balaban J connectivity index is 1.59. The van der Waals surface area contributed by atoms with E-state index in [4.69, 9.17) is 0 Å². The maximum absolute atomic E-state index is 4.43. The Labute approximate surface area is 132 Å². The summed E-state index contributed by atoms with van der Waals surface area (Å²) in [6.45, 7) is 2.07. The van der Waals surface area contributed by atoms with Gasteiger partial charge in [0.05, 0.1) is 24.3 Å². The van der Waals surface area contributed by atoms with Crippen molar-refractivity contribution in [1.29, 1.82) is 0 Å². The fourth-order valence-electron chi connectivity index (χ4n) is 2.45. The zero-order valence-electron chi connectivity index (χ0n) is 12.5. The molecule has 0 aliphatic carbocycles. The van der Waals surface area contributed by atoms with Gasteiger partial charge in [-0.1, -0.05) is 18.2 Å². The predicted molar refractivity (Wildman–Crippen MR) is 87.3 cm³/mol. The van der Waals surface area contributed by atoms with Crippen molar-refractivity contribution in [3.05, 3.63) is 60.9 Å². The second-order valence-corrected chi connectivity index (χ2v) is 5.24. The lowest BCUT2D eigenvalue weighted by molar-refractivity contribution is 0.864. The summed E-state index contributed by atoms with van der Waals surface area (Å²) in [5.74, 6) is 0.729. The van der Waals surface area contributed by atoms with Crippen LogP contribution in [0.1, 0.15) is 18.5 Å². The van der Waals surface area contributed by atoms with Crippen LogP contribution in [0.25, 0.3) is 16.9 Å². The molecule has 0 spiro atoms. The highest BCUT2D eigenvalue weighted by Crippen LogP contribution is 2.22. The molecule has 0 saturated heterocycles. The lowest BCUT2D eigenvalue weighted by atomic mass is 10.2. The summed E-state index contributed by atoms with van der Waals surface area (Å²) < 4.78 is 1.86. The summed E-state index contributed by atoms with van der Waals surface area (Å²) in [5, 5.41) is 7.80. The van der Waals surface area contributed by atoms with E-state index in [1.165, 1.54) is 6.33 Å². The number of para-hydroxylation sites is 1. The van der Waals surface area contributed by atoms with Gasteiger partial charge in [0.15, 0.2) is 11.5 Å². The number of hydrogen-bond donors (Lipinski definition) is 2. The molecule has 23 heavy (non-hydrogen) atoms. The molecule has 3 heterocycles. The minimum Gasteiger partial charge on any atom is -0.362 e. The van der Waals surface area contributed by atoms with E-state index in [0.29, 0.717) is 5.65 Å². The van der Waals surface area contributed by atoms with Gasteiger partial charge in [-0.25, -0.2) is 19.6 Å². The summed E-state index contributed by atoms with van der Waals surface area (Å²) in [5.41, 5.74) is 3.55. The van der Waals surface area contributed by atoms with Crippen LogP contribution >= 0.6 is 0 Å². The van der Waals surface area contributed by atoms with Gasteiger partial charge in [0, 0.05) is 11.8 Å². The van der Waals surface area contributed by atoms with Crippen molar-refractivity contribution < 1.29 is 0 Å². The van der Waals surface area contributed by atoms with Gasteiger partial charge < -0.3 is 10.3 Å². The van der Waals surface area contributed by atoms with Gasteiger partial charge >= 0.3 is 0 Å². The normalized spacial score (nSPS) is 12.4. The molecule has 0 saturated carbocycles. The molecular formula is C16H15N7. The molecule has 4 rings (SSSR count). The summed E-state index contributed by atoms with van der Waals surface area (Å²) in [4.78, 5) is 15.6. The molecule has 0 amide bonds. The number of aromatic amines is 1. The van der Waals surface area contributed by atoms with Crippen LogP contribution in [0.3, 0.4) is 0 Å². The zero-order chi connectivity index (χ0) is 15.6. The predicted octanol–water partition coefficient (Wildman–Crippen LogP) is 2.71. The van der Waals surface area contributed by atoms with Gasteiger partial charge in [-0.2, -0.15) is 5.10 Å². The molecule has 0 fully saturated rings. The van der Waals surface area contributed by atoms with E-state index >= 15 is 0 Å².